The number of halogens is 1. The Morgan fingerprint density at radius 2 is 2.23 bits per heavy atom. The lowest BCUT2D eigenvalue weighted by Gasteiger charge is -2.29. The minimum atomic E-state index is -2.83. The van der Waals surface area contributed by atoms with Gasteiger partial charge in [0.2, 0.25) is 0 Å². The summed E-state index contributed by atoms with van der Waals surface area (Å²) in [5.74, 6) is 0.247. The first kappa shape index (κ1) is 11.3. The van der Waals surface area contributed by atoms with E-state index in [0.29, 0.717) is 6.54 Å². The molecule has 1 heterocycles. The van der Waals surface area contributed by atoms with E-state index in [0.717, 1.165) is 25.9 Å². The van der Waals surface area contributed by atoms with Crippen LogP contribution in [0.25, 0.3) is 0 Å². The van der Waals surface area contributed by atoms with Crippen molar-refractivity contribution in [1.82, 2.24) is 4.90 Å². The summed E-state index contributed by atoms with van der Waals surface area (Å²) in [7, 11) is -2.83. The Morgan fingerprint density at radius 3 is 2.77 bits per heavy atom. The molecule has 1 saturated heterocycles. The van der Waals surface area contributed by atoms with Gasteiger partial charge in [0.15, 0.2) is 0 Å². The maximum atomic E-state index is 10.9. The summed E-state index contributed by atoms with van der Waals surface area (Å²) in [5, 5.41) is 0.202. The third-order valence-electron chi connectivity index (χ3n) is 2.23. The van der Waals surface area contributed by atoms with Crippen molar-refractivity contribution in [3.8, 4) is 0 Å². The second-order valence-electron chi connectivity index (χ2n) is 3.67. The van der Waals surface area contributed by atoms with Crippen molar-refractivity contribution >= 4 is 21.4 Å². The van der Waals surface area contributed by atoms with E-state index in [-0.39, 0.29) is 11.1 Å². The Kier molecular flexibility index (Phi) is 4.01. The van der Waals surface area contributed by atoms with Gasteiger partial charge in [0.1, 0.15) is 9.84 Å². The zero-order valence-electron chi connectivity index (χ0n) is 7.87. The van der Waals surface area contributed by atoms with Crippen molar-refractivity contribution in [3.63, 3.8) is 0 Å². The van der Waals surface area contributed by atoms with E-state index in [4.69, 9.17) is 11.6 Å². The number of likely N-dealkylation sites (tertiary alicyclic amines) is 1. The number of alkyl halides is 1. The van der Waals surface area contributed by atoms with Crippen LogP contribution >= 0.6 is 11.6 Å². The van der Waals surface area contributed by atoms with E-state index in [9.17, 15) is 8.42 Å². The molecule has 0 aliphatic carbocycles. The standard InChI is InChI=1S/C8H16ClNO2S/c1-13(11,12)6-5-10-4-2-3-8(9)7-10/h8H,2-7H2,1H3. The molecule has 78 valence electrons. The van der Waals surface area contributed by atoms with Crippen molar-refractivity contribution < 1.29 is 8.42 Å². The van der Waals surface area contributed by atoms with Gasteiger partial charge in [0.25, 0.3) is 0 Å². The van der Waals surface area contributed by atoms with Gasteiger partial charge in [-0.25, -0.2) is 8.42 Å². The summed E-state index contributed by atoms with van der Waals surface area (Å²) in [6, 6.07) is 0. The predicted molar refractivity (Wildman–Crippen MR) is 55.0 cm³/mol. The third kappa shape index (κ3) is 4.84. The summed E-state index contributed by atoms with van der Waals surface area (Å²) in [6.07, 6.45) is 3.41. The van der Waals surface area contributed by atoms with Crippen LogP contribution in [0.3, 0.4) is 0 Å². The van der Waals surface area contributed by atoms with Gasteiger partial charge in [-0.05, 0) is 19.4 Å². The molecule has 1 aliphatic rings. The van der Waals surface area contributed by atoms with Gasteiger partial charge in [-0.2, -0.15) is 0 Å². The van der Waals surface area contributed by atoms with E-state index >= 15 is 0 Å². The molecule has 0 N–H and O–H groups in total. The third-order valence-corrected chi connectivity index (χ3v) is 3.51. The van der Waals surface area contributed by atoms with Gasteiger partial charge >= 0.3 is 0 Å². The van der Waals surface area contributed by atoms with Crippen LogP contribution in [0.2, 0.25) is 0 Å². The Bertz CT molecular complexity index is 253. The van der Waals surface area contributed by atoms with Crippen molar-refractivity contribution in [2.24, 2.45) is 0 Å². The van der Waals surface area contributed by atoms with Crippen LogP contribution < -0.4 is 0 Å². The monoisotopic (exact) mass is 225 g/mol. The number of hydrogen-bond donors (Lipinski definition) is 0. The smallest absolute Gasteiger partial charge is 0.148 e. The highest BCUT2D eigenvalue weighted by molar-refractivity contribution is 7.90. The van der Waals surface area contributed by atoms with Crippen LogP contribution in [0, 0.1) is 0 Å². The molecule has 0 aromatic carbocycles. The molecule has 0 spiro atoms. The molecule has 1 fully saturated rings. The Balaban J connectivity index is 2.29. The molecule has 0 aromatic rings. The van der Waals surface area contributed by atoms with Gasteiger partial charge < -0.3 is 4.90 Å². The normalized spacial score (nSPS) is 26.2. The summed E-state index contributed by atoms with van der Waals surface area (Å²) in [4.78, 5) is 2.13. The second kappa shape index (κ2) is 4.62. The largest absolute Gasteiger partial charge is 0.301 e. The first-order valence-electron chi connectivity index (χ1n) is 4.51. The molecule has 1 rings (SSSR count). The molecule has 0 amide bonds. The highest BCUT2D eigenvalue weighted by atomic mass is 35.5. The Hall–Kier alpha value is 0.200. The Labute approximate surface area is 85.0 Å². The predicted octanol–water partition coefficient (Wildman–Crippen LogP) is 0.734. The van der Waals surface area contributed by atoms with Crippen molar-refractivity contribution in [3.05, 3.63) is 0 Å². The summed E-state index contributed by atoms with van der Waals surface area (Å²) >= 11 is 5.97. The highest BCUT2D eigenvalue weighted by Gasteiger charge is 2.18. The number of nitrogens with zero attached hydrogens (tertiary/aromatic N) is 1. The molecular weight excluding hydrogens is 210 g/mol. The molecule has 0 radical (unpaired) electrons. The summed E-state index contributed by atoms with van der Waals surface area (Å²) < 4.78 is 21.8. The minimum Gasteiger partial charge on any atom is -0.301 e. The van der Waals surface area contributed by atoms with E-state index in [1.165, 1.54) is 6.26 Å². The number of sulfone groups is 1. The fraction of sp³-hybridized carbons (Fsp3) is 1.00. The molecule has 0 aromatic heterocycles. The zero-order valence-corrected chi connectivity index (χ0v) is 9.44. The van der Waals surface area contributed by atoms with Crippen molar-refractivity contribution in [2.75, 3.05) is 31.6 Å². The molecule has 5 heteroatoms. The first-order valence-corrected chi connectivity index (χ1v) is 7.01. The maximum absolute atomic E-state index is 10.9. The number of piperidine rings is 1. The molecule has 0 saturated carbocycles. The SMILES string of the molecule is CS(=O)(=O)CCN1CCCC(Cl)C1. The lowest BCUT2D eigenvalue weighted by atomic mass is 10.1. The molecule has 1 unspecified atom stereocenters. The fourth-order valence-corrected chi connectivity index (χ4v) is 2.44. The van der Waals surface area contributed by atoms with Crippen molar-refractivity contribution in [1.29, 1.82) is 0 Å². The maximum Gasteiger partial charge on any atom is 0.148 e. The quantitative estimate of drug-likeness (QED) is 0.665. The number of rotatable bonds is 3. The van der Waals surface area contributed by atoms with Crippen LogP contribution in [-0.4, -0.2) is 50.3 Å². The van der Waals surface area contributed by atoms with E-state index in [1.54, 1.807) is 0 Å². The fourth-order valence-electron chi connectivity index (χ4n) is 1.50. The lowest BCUT2D eigenvalue weighted by Crippen LogP contribution is -2.38. The summed E-state index contributed by atoms with van der Waals surface area (Å²) in [5.41, 5.74) is 0. The molecular formula is C8H16ClNO2S. The van der Waals surface area contributed by atoms with Gasteiger partial charge in [-0.3, -0.25) is 0 Å². The van der Waals surface area contributed by atoms with Crippen LogP contribution in [0.15, 0.2) is 0 Å². The van der Waals surface area contributed by atoms with Crippen LogP contribution in [0.1, 0.15) is 12.8 Å². The topological polar surface area (TPSA) is 37.4 Å². The summed E-state index contributed by atoms with van der Waals surface area (Å²) in [6.45, 7) is 2.44. The molecule has 1 atom stereocenters. The molecule has 13 heavy (non-hydrogen) atoms. The van der Waals surface area contributed by atoms with E-state index in [2.05, 4.69) is 4.90 Å². The average molecular weight is 226 g/mol. The van der Waals surface area contributed by atoms with E-state index < -0.39 is 9.84 Å². The van der Waals surface area contributed by atoms with Gasteiger partial charge in [0.05, 0.1) is 5.75 Å². The highest BCUT2D eigenvalue weighted by Crippen LogP contribution is 2.14. The molecule has 1 aliphatic heterocycles. The van der Waals surface area contributed by atoms with Gasteiger partial charge in [0, 0.05) is 24.7 Å². The lowest BCUT2D eigenvalue weighted by molar-refractivity contribution is 0.244. The van der Waals surface area contributed by atoms with Crippen LogP contribution in [-0.2, 0) is 9.84 Å². The minimum absolute atomic E-state index is 0.202. The zero-order chi connectivity index (χ0) is 9.90. The number of hydrogen-bond acceptors (Lipinski definition) is 3. The first-order chi connectivity index (χ1) is 5.97. The van der Waals surface area contributed by atoms with Crippen molar-refractivity contribution in [2.45, 2.75) is 18.2 Å². The second-order valence-corrected chi connectivity index (χ2v) is 6.55. The van der Waals surface area contributed by atoms with Gasteiger partial charge in [-0.1, -0.05) is 0 Å². The Morgan fingerprint density at radius 1 is 1.54 bits per heavy atom. The van der Waals surface area contributed by atoms with Gasteiger partial charge in [-0.15, -0.1) is 11.6 Å². The molecule has 3 nitrogen and oxygen atoms in total. The van der Waals surface area contributed by atoms with Crippen LogP contribution in [0.4, 0.5) is 0 Å². The van der Waals surface area contributed by atoms with Crippen LogP contribution in [0.5, 0.6) is 0 Å². The molecule has 0 bridgehead atoms. The average Bonchev–Trinajstić information content (AvgIpc) is 2.00. The van der Waals surface area contributed by atoms with E-state index in [1.807, 2.05) is 0 Å².